The van der Waals surface area contributed by atoms with E-state index < -0.39 is 11.6 Å². The van der Waals surface area contributed by atoms with E-state index in [9.17, 15) is 14.7 Å². The first-order valence-electron chi connectivity index (χ1n) is 6.84. The van der Waals surface area contributed by atoms with Gasteiger partial charge >= 0.3 is 5.97 Å². The van der Waals surface area contributed by atoms with Gasteiger partial charge in [0.05, 0.1) is 17.5 Å². The van der Waals surface area contributed by atoms with Gasteiger partial charge in [-0.15, -0.1) is 5.10 Å². The molecule has 0 bridgehead atoms. The molecule has 1 heterocycles. The number of phenolic OH excluding ortho intramolecular Hbond substituents is 1. The molecule has 1 aromatic rings. The van der Waals surface area contributed by atoms with Crippen LogP contribution in [0.15, 0.2) is 28.4 Å². The number of phenols is 1. The van der Waals surface area contributed by atoms with Gasteiger partial charge in [-0.3, -0.25) is 4.79 Å². The van der Waals surface area contributed by atoms with E-state index >= 15 is 0 Å². The first-order valence-corrected chi connectivity index (χ1v) is 7.83. The van der Waals surface area contributed by atoms with Crippen LogP contribution in [0.3, 0.4) is 0 Å². The van der Waals surface area contributed by atoms with Gasteiger partial charge in [-0.1, -0.05) is 11.8 Å². The fourth-order valence-electron chi connectivity index (χ4n) is 1.64. The van der Waals surface area contributed by atoms with Crippen molar-refractivity contribution in [3.8, 4) is 5.75 Å². The molecule has 1 fully saturated rings. The molecule has 0 aromatic heterocycles. The second-order valence-corrected chi connectivity index (χ2v) is 6.73. The van der Waals surface area contributed by atoms with Crippen LogP contribution in [-0.2, 0) is 9.53 Å². The fraction of sp³-hybridized carbons (Fsp3) is 0.333. The van der Waals surface area contributed by atoms with Gasteiger partial charge in [-0.2, -0.15) is 5.10 Å². The molecule has 0 spiro atoms. The van der Waals surface area contributed by atoms with Gasteiger partial charge < -0.3 is 15.2 Å². The second kappa shape index (κ2) is 6.82. The normalized spacial score (nSPS) is 16.8. The van der Waals surface area contributed by atoms with Crippen LogP contribution < -0.4 is 5.32 Å². The maximum atomic E-state index is 12.0. The topological polar surface area (TPSA) is 100 Å². The van der Waals surface area contributed by atoms with E-state index in [2.05, 4.69) is 15.5 Å². The summed E-state index contributed by atoms with van der Waals surface area (Å²) in [5.41, 5.74) is 0.0232. The smallest absolute Gasteiger partial charge is 0.338 e. The number of amidine groups is 1. The first-order chi connectivity index (χ1) is 10.7. The lowest BCUT2D eigenvalue weighted by Gasteiger charge is -2.19. The molecular formula is C15H17N3O4S. The molecule has 1 saturated heterocycles. The highest BCUT2D eigenvalue weighted by Gasteiger charge is 2.19. The molecule has 2 rings (SSSR count). The highest BCUT2D eigenvalue weighted by atomic mass is 32.2. The van der Waals surface area contributed by atoms with Crippen LogP contribution in [0.25, 0.3) is 0 Å². The van der Waals surface area contributed by atoms with Crippen molar-refractivity contribution in [2.75, 3.05) is 5.75 Å². The van der Waals surface area contributed by atoms with Crippen molar-refractivity contribution in [2.45, 2.75) is 26.4 Å². The van der Waals surface area contributed by atoms with E-state index in [0.717, 1.165) is 0 Å². The van der Waals surface area contributed by atoms with E-state index in [1.165, 1.54) is 36.2 Å². The molecule has 1 aliphatic heterocycles. The number of benzene rings is 1. The summed E-state index contributed by atoms with van der Waals surface area (Å²) < 4.78 is 5.27. The average Bonchev–Trinajstić information content (AvgIpc) is 2.84. The minimum Gasteiger partial charge on any atom is -0.507 e. The number of nitrogens with zero attached hydrogens (tertiary/aromatic N) is 2. The minimum absolute atomic E-state index is 0.0376. The van der Waals surface area contributed by atoms with Crippen LogP contribution in [-0.4, -0.2) is 39.7 Å². The van der Waals surface area contributed by atoms with Crippen LogP contribution in [0.2, 0.25) is 0 Å². The lowest BCUT2D eigenvalue weighted by molar-refractivity contribution is -0.116. The van der Waals surface area contributed by atoms with Crippen molar-refractivity contribution >= 4 is 35.0 Å². The van der Waals surface area contributed by atoms with Gasteiger partial charge in [-0.05, 0) is 39.0 Å². The Morgan fingerprint density at radius 2 is 2.17 bits per heavy atom. The van der Waals surface area contributed by atoms with Crippen LogP contribution in [0.1, 0.15) is 36.7 Å². The van der Waals surface area contributed by atoms with Gasteiger partial charge in [0.2, 0.25) is 5.91 Å². The zero-order chi connectivity index (χ0) is 17.0. The van der Waals surface area contributed by atoms with Crippen LogP contribution >= 0.6 is 11.8 Å². The monoisotopic (exact) mass is 335 g/mol. The summed E-state index contributed by atoms with van der Waals surface area (Å²) in [5.74, 6) is -0.339. The molecule has 1 aromatic carbocycles. The van der Waals surface area contributed by atoms with Crippen molar-refractivity contribution in [3.63, 3.8) is 0 Å². The molecular weight excluding hydrogens is 318 g/mol. The van der Waals surface area contributed by atoms with Gasteiger partial charge in [-0.25, -0.2) is 4.79 Å². The van der Waals surface area contributed by atoms with E-state index in [1.807, 2.05) is 0 Å². The average molecular weight is 335 g/mol. The fourth-order valence-corrected chi connectivity index (χ4v) is 2.28. The standard InChI is InChI=1S/C15H17N3O4S/c1-15(2,3)22-13(21)9-4-5-11(19)10(6-9)7-16-18-14-17-12(20)8-23-14/h4-7,19H,8H2,1-3H3,(H,17,18,20). The Hall–Kier alpha value is -2.35. The Labute approximate surface area is 137 Å². The molecule has 0 saturated carbocycles. The highest BCUT2D eigenvalue weighted by Crippen LogP contribution is 2.19. The molecule has 1 amide bonds. The number of ether oxygens (including phenoxy) is 1. The molecule has 7 nitrogen and oxygen atoms in total. The summed E-state index contributed by atoms with van der Waals surface area (Å²) in [6.45, 7) is 5.33. The highest BCUT2D eigenvalue weighted by molar-refractivity contribution is 8.15. The molecule has 0 radical (unpaired) electrons. The van der Waals surface area contributed by atoms with E-state index in [-0.39, 0.29) is 11.7 Å². The van der Waals surface area contributed by atoms with Crippen LogP contribution in [0.4, 0.5) is 0 Å². The SMILES string of the molecule is CC(C)(C)OC(=O)c1ccc(O)c(C=NN=C2NC(=O)CS2)c1. The largest absolute Gasteiger partial charge is 0.507 e. The van der Waals surface area contributed by atoms with Crippen molar-refractivity contribution < 1.29 is 19.4 Å². The van der Waals surface area contributed by atoms with Crippen LogP contribution in [0, 0.1) is 0 Å². The Morgan fingerprint density at radius 1 is 1.43 bits per heavy atom. The summed E-state index contributed by atoms with van der Waals surface area (Å²) in [6.07, 6.45) is 1.31. The Kier molecular flexibility index (Phi) is 5.05. The number of hydrogen-bond acceptors (Lipinski definition) is 7. The molecule has 0 unspecified atom stereocenters. The molecule has 122 valence electrons. The summed E-state index contributed by atoms with van der Waals surface area (Å²) in [4.78, 5) is 23.0. The molecule has 8 heteroatoms. The van der Waals surface area contributed by atoms with E-state index in [1.54, 1.807) is 20.8 Å². The second-order valence-electron chi connectivity index (χ2n) is 5.76. The summed E-state index contributed by atoms with van der Waals surface area (Å²) in [5, 5.41) is 20.4. The minimum atomic E-state index is -0.604. The number of thioether (sulfide) groups is 1. The third-order valence-electron chi connectivity index (χ3n) is 2.59. The summed E-state index contributed by atoms with van der Waals surface area (Å²) in [7, 11) is 0. The molecule has 2 N–H and O–H groups in total. The Morgan fingerprint density at radius 3 is 2.78 bits per heavy atom. The third-order valence-corrected chi connectivity index (χ3v) is 3.46. The number of carbonyl (C=O) groups is 2. The molecule has 23 heavy (non-hydrogen) atoms. The van der Waals surface area contributed by atoms with Gasteiger partial charge in [0.25, 0.3) is 0 Å². The quantitative estimate of drug-likeness (QED) is 0.499. The molecule has 1 aliphatic rings. The number of nitrogens with one attached hydrogen (secondary N) is 1. The van der Waals surface area contributed by atoms with Crippen molar-refractivity contribution in [2.24, 2.45) is 10.2 Å². The number of amides is 1. The Bertz CT molecular complexity index is 692. The summed E-state index contributed by atoms with van der Waals surface area (Å²) >= 11 is 1.24. The lowest BCUT2D eigenvalue weighted by Crippen LogP contribution is -2.23. The van der Waals surface area contributed by atoms with E-state index in [4.69, 9.17) is 4.74 Å². The van der Waals surface area contributed by atoms with Crippen molar-refractivity contribution in [1.82, 2.24) is 5.32 Å². The number of rotatable bonds is 3. The lowest BCUT2D eigenvalue weighted by atomic mass is 10.1. The summed E-state index contributed by atoms with van der Waals surface area (Å²) in [6, 6.07) is 4.33. The maximum Gasteiger partial charge on any atom is 0.338 e. The predicted octanol–water partition coefficient (Wildman–Crippen LogP) is 1.90. The maximum absolute atomic E-state index is 12.0. The number of carbonyl (C=O) groups excluding carboxylic acids is 2. The van der Waals surface area contributed by atoms with Gasteiger partial charge in [0.15, 0.2) is 5.17 Å². The first kappa shape index (κ1) is 17.0. The third kappa shape index (κ3) is 5.10. The number of hydrogen-bond donors (Lipinski definition) is 2. The number of esters is 1. The zero-order valence-electron chi connectivity index (χ0n) is 13.0. The van der Waals surface area contributed by atoms with Crippen LogP contribution in [0.5, 0.6) is 5.75 Å². The van der Waals surface area contributed by atoms with Crippen molar-refractivity contribution in [1.29, 1.82) is 0 Å². The zero-order valence-corrected chi connectivity index (χ0v) is 13.8. The predicted molar refractivity (Wildman–Crippen MR) is 88.9 cm³/mol. The Balaban J connectivity index is 2.14. The van der Waals surface area contributed by atoms with E-state index in [0.29, 0.717) is 22.0 Å². The van der Waals surface area contributed by atoms with Crippen molar-refractivity contribution in [3.05, 3.63) is 29.3 Å². The molecule has 0 aliphatic carbocycles. The van der Waals surface area contributed by atoms with Gasteiger partial charge in [0, 0.05) is 5.56 Å². The number of aromatic hydroxyl groups is 1. The molecule has 0 atom stereocenters. The van der Waals surface area contributed by atoms with Gasteiger partial charge in [0.1, 0.15) is 11.4 Å².